The molecule has 0 saturated carbocycles. The third kappa shape index (κ3) is 6.79. The van der Waals surface area contributed by atoms with Gasteiger partial charge in [0.25, 0.3) is 0 Å². The maximum atomic E-state index is 5.85. The van der Waals surface area contributed by atoms with E-state index in [0.29, 0.717) is 0 Å². The van der Waals surface area contributed by atoms with Crippen LogP contribution in [0.4, 0.5) is 0 Å². The fourth-order valence-electron chi connectivity index (χ4n) is 3.81. The van der Waals surface area contributed by atoms with E-state index in [2.05, 4.69) is 28.3 Å². The maximum absolute atomic E-state index is 5.85. The lowest BCUT2D eigenvalue weighted by molar-refractivity contribution is 0.0793. The van der Waals surface area contributed by atoms with E-state index in [-0.39, 0.29) is 4.75 Å². The van der Waals surface area contributed by atoms with Crippen molar-refractivity contribution in [3.05, 3.63) is 30.3 Å². The molecule has 0 atom stereocenters. The van der Waals surface area contributed by atoms with Gasteiger partial charge in [0.05, 0.1) is 6.54 Å². The van der Waals surface area contributed by atoms with Gasteiger partial charge in [0, 0.05) is 57.2 Å². The van der Waals surface area contributed by atoms with Crippen LogP contribution in [0.15, 0.2) is 35.3 Å². The van der Waals surface area contributed by atoms with E-state index in [9.17, 15) is 0 Å². The molecular formula is C22H36N4O2S. The van der Waals surface area contributed by atoms with Crippen LogP contribution in [0.5, 0.6) is 5.75 Å². The highest BCUT2D eigenvalue weighted by Crippen LogP contribution is 2.34. The van der Waals surface area contributed by atoms with Crippen molar-refractivity contribution in [2.45, 2.75) is 24.5 Å². The number of nitrogens with zero attached hydrogens (tertiary/aromatic N) is 3. The van der Waals surface area contributed by atoms with Crippen LogP contribution in [0.2, 0.25) is 0 Å². The fraction of sp³-hybridized carbons (Fsp3) is 0.682. The summed E-state index contributed by atoms with van der Waals surface area (Å²) in [6.07, 6.45) is 4.39. The summed E-state index contributed by atoms with van der Waals surface area (Å²) in [7, 11) is 0. The topological polar surface area (TPSA) is 49.3 Å². The first-order valence-corrected chi connectivity index (χ1v) is 12.0. The zero-order valence-electron chi connectivity index (χ0n) is 17.9. The van der Waals surface area contributed by atoms with Gasteiger partial charge in [0.1, 0.15) is 12.4 Å². The number of piperazine rings is 1. The number of hydrogen-bond donors (Lipinski definition) is 1. The molecule has 1 N–H and O–H groups in total. The number of nitrogens with one attached hydrogen (secondary N) is 1. The number of aliphatic imine (C=N–C) groups is 1. The molecule has 0 aliphatic carbocycles. The molecule has 0 radical (unpaired) electrons. The molecule has 1 aromatic carbocycles. The summed E-state index contributed by atoms with van der Waals surface area (Å²) >= 11 is 1.95. The molecule has 2 heterocycles. The molecule has 2 fully saturated rings. The second-order valence-electron chi connectivity index (χ2n) is 7.66. The number of rotatable bonds is 8. The van der Waals surface area contributed by atoms with E-state index in [4.69, 9.17) is 14.5 Å². The molecule has 0 unspecified atom stereocenters. The second-order valence-corrected chi connectivity index (χ2v) is 8.93. The first-order chi connectivity index (χ1) is 14.2. The average molecular weight is 421 g/mol. The lowest BCUT2D eigenvalue weighted by Gasteiger charge is -2.38. The minimum Gasteiger partial charge on any atom is -0.492 e. The number of hydrogen-bond acceptors (Lipinski definition) is 5. The summed E-state index contributed by atoms with van der Waals surface area (Å²) < 4.78 is 11.6. The van der Waals surface area contributed by atoms with E-state index < -0.39 is 0 Å². The fourth-order valence-corrected chi connectivity index (χ4v) is 4.58. The Labute approximate surface area is 180 Å². The molecule has 0 amide bonds. The van der Waals surface area contributed by atoms with Gasteiger partial charge in [0.2, 0.25) is 0 Å². The Morgan fingerprint density at radius 2 is 1.90 bits per heavy atom. The zero-order chi connectivity index (χ0) is 20.4. The standard InChI is InChI=1S/C22H36N4O2S/c1-3-23-21(24-19-22(29-2)9-16-27-17-10-22)26-13-11-25(12-14-26)15-18-28-20-7-5-4-6-8-20/h4-8H,3,9-19H2,1-2H3,(H,23,24). The van der Waals surface area contributed by atoms with Crippen molar-refractivity contribution >= 4 is 17.7 Å². The molecule has 0 aromatic heterocycles. The Morgan fingerprint density at radius 3 is 2.55 bits per heavy atom. The van der Waals surface area contributed by atoms with Crippen molar-refractivity contribution in [1.29, 1.82) is 0 Å². The van der Waals surface area contributed by atoms with E-state index in [1.807, 2.05) is 42.1 Å². The molecular weight excluding hydrogens is 384 g/mol. The highest BCUT2D eigenvalue weighted by Gasteiger charge is 2.32. The molecule has 7 heteroatoms. The third-order valence-corrected chi connectivity index (χ3v) is 7.18. The molecule has 162 valence electrons. The van der Waals surface area contributed by atoms with E-state index >= 15 is 0 Å². The van der Waals surface area contributed by atoms with Gasteiger partial charge >= 0.3 is 0 Å². The van der Waals surface area contributed by atoms with Gasteiger partial charge < -0.3 is 19.7 Å². The summed E-state index contributed by atoms with van der Waals surface area (Å²) in [4.78, 5) is 9.93. The maximum Gasteiger partial charge on any atom is 0.194 e. The average Bonchev–Trinajstić information content (AvgIpc) is 2.78. The molecule has 3 rings (SSSR count). The highest BCUT2D eigenvalue weighted by atomic mass is 32.2. The van der Waals surface area contributed by atoms with Crippen LogP contribution in [0.25, 0.3) is 0 Å². The molecule has 2 aliphatic rings. The number of guanidine groups is 1. The van der Waals surface area contributed by atoms with Crippen LogP contribution in [0.1, 0.15) is 19.8 Å². The van der Waals surface area contributed by atoms with Gasteiger partial charge in [-0.1, -0.05) is 18.2 Å². The number of thioether (sulfide) groups is 1. The van der Waals surface area contributed by atoms with Gasteiger partial charge in [-0.15, -0.1) is 0 Å². The van der Waals surface area contributed by atoms with Crippen LogP contribution < -0.4 is 10.1 Å². The zero-order valence-corrected chi connectivity index (χ0v) is 18.8. The van der Waals surface area contributed by atoms with Crippen molar-refractivity contribution in [3.8, 4) is 5.75 Å². The SMILES string of the molecule is CCNC(=NCC1(SC)CCOCC1)N1CCN(CCOc2ccccc2)CC1. The predicted molar refractivity (Wildman–Crippen MR) is 122 cm³/mol. The molecule has 1 aromatic rings. The van der Waals surface area contributed by atoms with Crippen molar-refractivity contribution in [2.24, 2.45) is 4.99 Å². The van der Waals surface area contributed by atoms with Gasteiger partial charge in [-0.25, -0.2) is 0 Å². The van der Waals surface area contributed by atoms with Crippen LogP contribution >= 0.6 is 11.8 Å². The van der Waals surface area contributed by atoms with Crippen LogP contribution in [0.3, 0.4) is 0 Å². The van der Waals surface area contributed by atoms with Gasteiger partial charge in [0.15, 0.2) is 5.96 Å². The Bertz CT molecular complexity index is 614. The van der Waals surface area contributed by atoms with Gasteiger partial charge in [-0.2, -0.15) is 11.8 Å². The Morgan fingerprint density at radius 1 is 1.17 bits per heavy atom. The molecule has 0 bridgehead atoms. The lowest BCUT2D eigenvalue weighted by Crippen LogP contribution is -2.53. The van der Waals surface area contributed by atoms with Gasteiger partial charge in [-0.05, 0) is 38.2 Å². The third-order valence-electron chi connectivity index (χ3n) is 5.78. The smallest absolute Gasteiger partial charge is 0.194 e. The summed E-state index contributed by atoms with van der Waals surface area (Å²) in [5.74, 6) is 2.01. The Hall–Kier alpha value is -1.44. The van der Waals surface area contributed by atoms with Crippen molar-refractivity contribution in [3.63, 3.8) is 0 Å². The Balaban J connectivity index is 1.46. The summed E-state index contributed by atoms with van der Waals surface area (Å²) in [5.41, 5.74) is 0. The quantitative estimate of drug-likeness (QED) is 0.515. The predicted octanol–water partition coefficient (Wildman–Crippen LogP) is 2.56. The minimum absolute atomic E-state index is 0.232. The Kier molecular flexibility index (Phi) is 8.95. The molecule has 0 spiro atoms. The number of ether oxygens (including phenoxy) is 2. The first kappa shape index (κ1) is 22.2. The molecule has 2 aliphatic heterocycles. The normalized spacial score (nSPS) is 20.5. The number of para-hydroxylation sites is 1. The minimum atomic E-state index is 0.232. The van der Waals surface area contributed by atoms with Crippen molar-refractivity contribution < 1.29 is 9.47 Å². The summed E-state index contributed by atoms with van der Waals surface area (Å²) in [6, 6.07) is 10.1. The number of benzene rings is 1. The van der Waals surface area contributed by atoms with Crippen LogP contribution in [-0.4, -0.2) is 92.4 Å². The second kappa shape index (κ2) is 11.7. The monoisotopic (exact) mass is 420 g/mol. The lowest BCUT2D eigenvalue weighted by atomic mass is 9.99. The molecule has 6 nitrogen and oxygen atoms in total. The van der Waals surface area contributed by atoms with E-state index in [1.165, 1.54) is 0 Å². The van der Waals surface area contributed by atoms with E-state index in [1.54, 1.807) is 0 Å². The van der Waals surface area contributed by atoms with Gasteiger partial charge in [-0.3, -0.25) is 9.89 Å². The van der Waals surface area contributed by atoms with Crippen molar-refractivity contribution in [1.82, 2.24) is 15.1 Å². The van der Waals surface area contributed by atoms with Crippen LogP contribution in [-0.2, 0) is 4.74 Å². The summed E-state index contributed by atoms with van der Waals surface area (Å²) in [5, 5.41) is 3.50. The molecule has 2 saturated heterocycles. The summed E-state index contributed by atoms with van der Waals surface area (Å²) in [6.45, 7) is 11.4. The first-order valence-electron chi connectivity index (χ1n) is 10.8. The largest absolute Gasteiger partial charge is 0.492 e. The molecule has 29 heavy (non-hydrogen) atoms. The van der Waals surface area contributed by atoms with Crippen LogP contribution in [0, 0.1) is 0 Å². The van der Waals surface area contributed by atoms with Crippen molar-refractivity contribution in [2.75, 3.05) is 71.9 Å². The van der Waals surface area contributed by atoms with E-state index in [0.717, 1.165) is 90.2 Å². The highest BCUT2D eigenvalue weighted by molar-refractivity contribution is 8.00.